The van der Waals surface area contributed by atoms with Crippen molar-refractivity contribution in [3.8, 4) is 5.75 Å². The molecule has 0 bridgehead atoms. The van der Waals surface area contributed by atoms with Gasteiger partial charge in [-0.25, -0.2) is 0 Å². The number of Topliss-reactive ketones (excluding diaryl/α,β-unsaturated/α-hetero) is 1. The second kappa shape index (κ2) is 6.00. The molecule has 0 amide bonds. The average Bonchev–Trinajstić information content (AvgIpc) is 2.52. The number of carbonyl (C=O) groups excluding carboxylic acids is 1. The van der Waals surface area contributed by atoms with Crippen LogP contribution in [0.3, 0.4) is 0 Å². The van der Waals surface area contributed by atoms with Crippen molar-refractivity contribution in [1.29, 1.82) is 0 Å². The lowest BCUT2D eigenvalue weighted by Crippen LogP contribution is -2.40. The Morgan fingerprint density at radius 1 is 1.19 bits per heavy atom. The highest BCUT2D eigenvalue weighted by atomic mass is 16.7. The zero-order chi connectivity index (χ0) is 15.6. The molecule has 1 aliphatic rings. The van der Waals surface area contributed by atoms with E-state index in [-0.39, 0.29) is 11.7 Å². The number of ketones is 1. The molecule has 21 heavy (non-hydrogen) atoms. The van der Waals surface area contributed by atoms with Crippen LogP contribution >= 0.6 is 0 Å². The van der Waals surface area contributed by atoms with Gasteiger partial charge < -0.3 is 14.2 Å². The van der Waals surface area contributed by atoms with Gasteiger partial charge in [-0.1, -0.05) is 30.7 Å². The maximum atomic E-state index is 12.6. The first kappa shape index (κ1) is 15.7. The molecule has 0 N–H and O–H groups in total. The second-order valence-corrected chi connectivity index (χ2v) is 5.26. The number of hydrogen-bond donors (Lipinski definition) is 0. The van der Waals surface area contributed by atoms with Crippen LogP contribution in [0, 0.1) is 5.92 Å². The fourth-order valence-corrected chi connectivity index (χ4v) is 3.00. The molecule has 0 radical (unpaired) electrons. The van der Waals surface area contributed by atoms with Gasteiger partial charge in [-0.3, -0.25) is 4.79 Å². The van der Waals surface area contributed by atoms with Gasteiger partial charge >= 0.3 is 0 Å². The Hall–Kier alpha value is -1.65. The maximum Gasteiger partial charge on any atom is 0.201 e. The fraction of sp³-hybridized carbons (Fsp3) is 0.471. The first-order valence-electron chi connectivity index (χ1n) is 6.99. The molecule has 1 aromatic rings. The predicted octanol–water partition coefficient (Wildman–Crippen LogP) is 3.31. The van der Waals surface area contributed by atoms with Crippen molar-refractivity contribution in [2.75, 3.05) is 21.3 Å². The molecular weight excluding hydrogens is 268 g/mol. The third kappa shape index (κ3) is 2.39. The molecule has 0 saturated carbocycles. The summed E-state index contributed by atoms with van der Waals surface area (Å²) in [5.41, 5.74) is 2.33. The van der Waals surface area contributed by atoms with Gasteiger partial charge in [0.05, 0.1) is 12.7 Å². The smallest absolute Gasteiger partial charge is 0.201 e. The molecule has 0 saturated heterocycles. The van der Waals surface area contributed by atoms with Crippen molar-refractivity contribution in [3.05, 3.63) is 41.0 Å². The van der Waals surface area contributed by atoms with Gasteiger partial charge in [-0.15, -0.1) is 0 Å². The zero-order valence-electron chi connectivity index (χ0n) is 13.2. The van der Waals surface area contributed by atoms with Crippen molar-refractivity contribution in [3.63, 3.8) is 0 Å². The minimum absolute atomic E-state index is 0.00664. The summed E-state index contributed by atoms with van der Waals surface area (Å²) in [6.45, 7) is 4.04. The number of ether oxygens (including phenoxy) is 3. The van der Waals surface area contributed by atoms with E-state index in [1.165, 1.54) is 0 Å². The summed E-state index contributed by atoms with van der Waals surface area (Å²) < 4.78 is 16.9. The number of carbonyl (C=O) groups is 1. The van der Waals surface area contributed by atoms with E-state index in [1.807, 2.05) is 32.1 Å². The quantitative estimate of drug-likeness (QED) is 0.633. The molecule has 1 unspecified atom stereocenters. The van der Waals surface area contributed by atoms with Crippen LogP contribution in [0.15, 0.2) is 29.8 Å². The summed E-state index contributed by atoms with van der Waals surface area (Å²) in [5, 5.41) is 0. The van der Waals surface area contributed by atoms with Gasteiger partial charge in [0.15, 0.2) is 5.78 Å². The van der Waals surface area contributed by atoms with E-state index in [2.05, 4.69) is 0 Å². The normalized spacial score (nSPS) is 23.6. The molecule has 114 valence electrons. The first-order valence-corrected chi connectivity index (χ1v) is 6.99. The van der Waals surface area contributed by atoms with E-state index in [1.54, 1.807) is 27.4 Å². The van der Waals surface area contributed by atoms with Crippen molar-refractivity contribution >= 4 is 5.78 Å². The monoisotopic (exact) mass is 290 g/mol. The molecule has 1 aliphatic carbocycles. The van der Waals surface area contributed by atoms with Crippen molar-refractivity contribution in [2.45, 2.75) is 26.1 Å². The van der Waals surface area contributed by atoms with Gasteiger partial charge in [-0.05, 0) is 13.0 Å². The highest BCUT2D eigenvalue weighted by Crippen LogP contribution is 2.43. The summed E-state index contributed by atoms with van der Waals surface area (Å²) in [4.78, 5) is 12.6. The van der Waals surface area contributed by atoms with Gasteiger partial charge in [0.1, 0.15) is 5.75 Å². The van der Waals surface area contributed by atoms with E-state index in [0.29, 0.717) is 17.7 Å². The predicted molar refractivity (Wildman–Crippen MR) is 80.6 cm³/mol. The average molecular weight is 290 g/mol. The van der Waals surface area contributed by atoms with Crippen LogP contribution in [0.1, 0.15) is 36.2 Å². The zero-order valence-corrected chi connectivity index (χ0v) is 13.2. The molecular formula is C17H22O4. The molecule has 2 rings (SSSR count). The SMILES string of the molecule is COc1cccc2c1C(=O)C/C=C(/C)C(C)C2(OC)OC. The van der Waals surface area contributed by atoms with E-state index in [4.69, 9.17) is 14.2 Å². The lowest BCUT2D eigenvalue weighted by Gasteiger charge is -2.39. The number of hydrogen-bond acceptors (Lipinski definition) is 4. The molecule has 4 nitrogen and oxygen atoms in total. The van der Waals surface area contributed by atoms with Crippen LogP contribution in [0.2, 0.25) is 0 Å². The second-order valence-electron chi connectivity index (χ2n) is 5.26. The summed E-state index contributed by atoms with van der Waals surface area (Å²) >= 11 is 0. The highest BCUT2D eigenvalue weighted by Gasteiger charge is 2.43. The fourth-order valence-electron chi connectivity index (χ4n) is 3.00. The number of fused-ring (bicyclic) bond motifs is 1. The third-order valence-corrected chi connectivity index (χ3v) is 4.37. The van der Waals surface area contributed by atoms with Crippen molar-refractivity contribution in [1.82, 2.24) is 0 Å². The van der Waals surface area contributed by atoms with Gasteiger partial charge in [0.2, 0.25) is 5.79 Å². The summed E-state index contributed by atoms with van der Waals surface area (Å²) in [5.74, 6) is -0.463. The third-order valence-electron chi connectivity index (χ3n) is 4.37. The van der Waals surface area contributed by atoms with Gasteiger partial charge in [0, 0.05) is 32.1 Å². The Morgan fingerprint density at radius 3 is 2.43 bits per heavy atom. The van der Waals surface area contributed by atoms with Crippen LogP contribution in [-0.2, 0) is 15.3 Å². The molecule has 4 heteroatoms. The number of allylic oxidation sites excluding steroid dienone is 1. The summed E-state index contributed by atoms with van der Waals surface area (Å²) in [6, 6.07) is 5.51. The summed E-state index contributed by atoms with van der Waals surface area (Å²) in [6.07, 6.45) is 2.29. The Labute approximate surface area is 125 Å². The molecule has 0 aromatic heterocycles. The van der Waals surface area contributed by atoms with Crippen LogP contribution < -0.4 is 4.74 Å². The molecule has 0 heterocycles. The Kier molecular flexibility index (Phi) is 4.49. The van der Waals surface area contributed by atoms with Crippen LogP contribution in [0.4, 0.5) is 0 Å². The van der Waals surface area contributed by atoms with E-state index in [9.17, 15) is 4.79 Å². The van der Waals surface area contributed by atoms with Crippen LogP contribution in [0.25, 0.3) is 0 Å². The molecule has 1 aromatic carbocycles. The highest BCUT2D eigenvalue weighted by molar-refractivity contribution is 6.01. The molecule has 1 atom stereocenters. The van der Waals surface area contributed by atoms with Gasteiger partial charge in [0.25, 0.3) is 0 Å². The number of methoxy groups -OCH3 is 3. The Balaban J connectivity index is 2.79. The van der Waals surface area contributed by atoms with Crippen molar-refractivity contribution < 1.29 is 19.0 Å². The lowest BCUT2D eigenvalue weighted by atomic mass is 9.81. The van der Waals surface area contributed by atoms with E-state index < -0.39 is 5.79 Å². The summed E-state index contributed by atoms with van der Waals surface area (Å²) in [7, 11) is 4.76. The Bertz CT molecular complexity index is 570. The lowest BCUT2D eigenvalue weighted by molar-refractivity contribution is -0.239. The minimum atomic E-state index is -0.999. The topological polar surface area (TPSA) is 44.8 Å². The van der Waals surface area contributed by atoms with Crippen LogP contribution in [-0.4, -0.2) is 27.1 Å². The largest absolute Gasteiger partial charge is 0.496 e. The standard InChI is InChI=1S/C17H22O4/c1-11-9-10-14(18)16-13(7-6-8-15(16)19-3)17(20-4,21-5)12(11)2/h6-9,12H,10H2,1-5H3/b11-9-. The number of rotatable bonds is 3. The minimum Gasteiger partial charge on any atom is -0.496 e. The van der Waals surface area contributed by atoms with Gasteiger partial charge in [-0.2, -0.15) is 0 Å². The Morgan fingerprint density at radius 2 is 1.86 bits per heavy atom. The molecule has 0 spiro atoms. The first-order chi connectivity index (χ1) is 10.0. The van der Waals surface area contributed by atoms with E-state index in [0.717, 1.165) is 11.1 Å². The van der Waals surface area contributed by atoms with E-state index >= 15 is 0 Å². The number of benzene rings is 1. The maximum absolute atomic E-state index is 12.6. The van der Waals surface area contributed by atoms with Crippen LogP contribution in [0.5, 0.6) is 5.75 Å². The molecule has 0 fully saturated rings. The molecule has 0 aliphatic heterocycles. The van der Waals surface area contributed by atoms with Crippen molar-refractivity contribution in [2.24, 2.45) is 5.92 Å².